The van der Waals surface area contributed by atoms with Gasteiger partial charge in [0.2, 0.25) is 0 Å². The highest BCUT2D eigenvalue weighted by Gasteiger charge is 2.23. The van der Waals surface area contributed by atoms with Crippen LogP contribution < -0.4 is 5.73 Å². The molecule has 152 valence electrons. The Balaban J connectivity index is 1.50. The van der Waals surface area contributed by atoms with Crippen molar-refractivity contribution < 1.29 is 4.79 Å². The second-order valence-corrected chi connectivity index (χ2v) is 8.44. The zero-order valence-electron chi connectivity index (χ0n) is 17.4. The van der Waals surface area contributed by atoms with Gasteiger partial charge in [0.25, 0.3) is 5.91 Å². The lowest BCUT2D eigenvalue weighted by atomic mass is 9.97. The van der Waals surface area contributed by atoms with E-state index in [4.69, 9.17) is 5.73 Å². The fourth-order valence-electron chi connectivity index (χ4n) is 4.59. The van der Waals surface area contributed by atoms with Gasteiger partial charge in [-0.25, -0.2) is 4.98 Å². The van der Waals surface area contributed by atoms with Gasteiger partial charge >= 0.3 is 0 Å². The highest BCUT2D eigenvalue weighted by Crippen LogP contribution is 2.35. The minimum atomic E-state index is 0.0240. The van der Waals surface area contributed by atoms with Crippen LogP contribution in [-0.2, 0) is 19.4 Å². The summed E-state index contributed by atoms with van der Waals surface area (Å²) in [6.07, 6.45) is 3.18. The Kier molecular flexibility index (Phi) is 4.46. The number of carbonyl (C=O) groups excluding carboxylic acids is 1. The van der Waals surface area contributed by atoms with Gasteiger partial charge in [0.1, 0.15) is 5.82 Å². The average Bonchev–Trinajstić information content (AvgIpc) is 3.38. The Hall–Kier alpha value is -3.34. The number of hydrogen-bond acceptors (Lipinski definition) is 3. The Labute approximate surface area is 175 Å². The van der Waals surface area contributed by atoms with Crippen molar-refractivity contribution in [3.63, 3.8) is 0 Å². The van der Waals surface area contributed by atoms with Crippen LogP contribution in [0, 0.1) is 0 Å². The Morgan fingerprint density at radius 2 is 1.93 bits per heavy atom. The summed E-state index contributed by atoms with van der Waals surface area (Å²) < 4.78 is 0. The summed E-state index contributed by atoms with van der Waals surface area (Å²) in [7, 11) is 0. The van der Waals surface area contributed by atoms with Crippen LogP contribution in [-0.4, -0.2) is 26.8 Å². The maximum atomic E-state index is 13.5. The van der Waals surface area contributed by atoms with E-state index in [1.807, 2.05) is 61.2 Å². The van der Waals surface area contributed by atoms with Gasteiger partial charge in [-0.05, 0) is 85.3 Å². The maximum absolute atomic E-state index is 13.5. The highest BCUT2D eigenvalue weighted by molar-refractivity contribution is 6.00. The van der Waals surface area contributed by atoms with E-state index >= 15 is 0 Å². The molecule has 1 aliphatic carbocycles. The normalized spacial score (nSPS) is 13.3. The number of para-hydroxylation sites is 2. The standard InChI is InChI=1S/C25H26N4O/c1-15(2)29(14-24-27-22-8-3-4-9-23(22)28-24)25(30)17-11-10-16-13-21(26)19-7-5-6-18(19)20(16)12-17/h3-4,8-13,15H,5-7,14,26H2,1-2H3,(H,27,28). The molecule has 1 heterocycles. The molecule has 3 N–H and O–H groups in total. The lowest BCUT2D eigenvalue weighted by Crippen LogP contribution is -2.36. The van der Waals surface area contributed by atoms with Gasteiger partial charge in [0.05, 0.1) is 17.6 Å². The van der Waals surface area contributed by atoms with Crippen LogP contribution in [0.15, 0.2) is 48.5 Å². The minimum absolute atomic E-state index is 0.0240. The second kappa shape index (κ2) is 7.17. The van der Waals surface area contributed by atoms with Crippen molar-refractivity contribution in [3.05, 3.63) is 71.0 Å². The second-order valence-electron chi connectivity index (χ2n) is 8.44. The number of nitrogen functional groups attached to an aromatic ring is 1. The minimum Gasteiger partial charge on any atom is -0.398 e. The molecule has 5 rings (SSSR count). The molecule has 30 heavy (non-hydrogen) atoms. The maximum Gasteiger partial charge on any atom is 0.254 e. The fraction of sp³-hybridized carbons (Fsp3) is 0.280. The summed E-state index contributed by atoms with van der Waals surface area (Å²) in [6.45, 7) is 4.53. The Bertz CT molecular complexity index is 1240. The number of amides is 1. The first-order valence-electron chi connectivity index (χ1n) is 10.6. The molecule has 0 fully saturated rings. The van der Waals surface area contributed by atoms with Gasteiger partial charge in [-0.15, -0.1) is 0 Å². The summed E-state index contributed by atoms with van der Waals surface area (Å²) in [4.78, 5) is 23.3. The number of aryl methyl sites for hydroxylation is 1. The number of anilines is 1. The van der Waals surface area contributed by atoms with Gasteiger partial charge < -0.3 is 15.6 Å². The number of carbonyl (C=O) groups is 1. The quantitative estimate of drug-likeness (QED) is 0.483. The van der Waals surface area contributed by atoms with Crippen LogP contribution in [0.2, 0.25) is 0 Å². The molecule has 0 spiro atoms. The van der Waals surface area contributed by atoms with Gasteiger partial charge in [-0.2, -0.15) is 0 Å². The molecule has 0 bridgehead atoms. The van der Waals surface area contributed by atoms with E-state index in [1.54, 1.807) is 0 Å². The molecule has 1 amide bonds. The highest BCUT2D eigenvalue weighted by atomic mass is 16.2. The van der Waals surface area contributed by atoms with E-state index in [9.17, 15) is 4.79 Å². The third-order valence-corrected chi connectivity index (χ3v) is 6.15. The van der Waals surface area contributed by atoms with E-state index in [-0.39, 0.29) is 11.9 Å². The number of hydrogen-bond donors (Lipinski definition) is 2. The van der Waals surface area contributed by atoms with E-state index in [2.05, 4.69) is 16.0 Å². The molecule has 0 radical (unpaired) electrons. The van der Waals surface area contributed by atoms with Crippen molar-refractivity contribution in [1.29, 1.82) is 0 Å². The van der Waals surface area contributed by atoms with Gasteiger partial charge in [-0.3, -0.25) is 4.79 Å². The third-order valence-electron chi connectivity index (χ3n) is 6.15. The largest absolute Gasteiger partial charge is 0.398 e. The molecular formula is C25H26N4O. The van der Waals surface area contributed by atoms with Crippen LogP contribution in [0.3, 0.4) is 0 Å². The van der Waals surface area contributed by atoms with Gasteiger partial charge in [-0.1, -0.05) is 18.2 Å². The first-order chi connectivity index (χ1) is 14.5. The van der Waals surface area contributed by atoms with Crippen LogP contribution in [0.4, 0.5) is 5.69 Å². The summed E-state index contributed by atoms with van der Waals surface area (Å²) in [5, 5.41) is 2.27. The number of aromatic nitrogens is 2. The number of nitrogens with zero attached hydrogens (tertiary/aromatic N) is 2. The topological polar surface area (TPSA) is 75.0 Å². The van der Waals surface area contributed by atoms with E-state index in [1.165, 1.54) is 11.1 Å². The van der Waals surface area contributed by atoms with Crippen molar-refractivity contribution in [3.8, 4) is 0 Å². The number of imidazole rings is 1. The van der Waals surface area contributed by atoms with Crippen molar-refractivity contribution in [1.82, 2.24) is 14.9 Å². The molecule has 4 aromatic rings. The average molecular weight is 399 g/mol. The van der Waals surface area contributed by atoms with Crippen LogP contribution in [0.5, 0.6) is 0 Å². The zero-order chi connectivity index (χ0) is 20.8. The molecule has 0 saturated heterocycles. The molecule has 1 aliphatic rings. The van der Waals surface area contributed by atoms with Gasteiger partial charge in [0, 0.05) is 17.3 Å². The molecule has 1 aromatic heterocycles. The molecule has 5 heteroatoms. The monoisotopic (exact) mass is 398 g/mol. The molecule has 3 aromatic carbocycles. The van der Waals surface area contributed by atoms with Crippen LogP contribution in [0.1, 0.15) is 47.6 Å². The molecule has 5 nitrogen and oxygen atoms in total. The number of fused-ring (bicyclic) bond motifs is 4. The molecule has 0 aliphatic heterocycles. The number of H-pyrrole nitrogens is 1. The Morgan fingerprint density at radius 3 is 2.73 bits per heavy atom. The number of nitrogens with two attached hydrogens (primary N) is 1. The third kappa shape index (κ3) is 3.11. The molecule has 0 atom stereocenters. The molecule has 0 unspecified atom stereocenters. The summed E-state index contributed by atoms with van der Waals surface area (Å²) in [5.41, 5.74) is 12.3. The van der Waals surface area contributed by atoms with Crippen LogP contribution in [0.25, 0.3) is 21.8 Å². The SMILES string of the molecule is CC(C)N(Cc1nc2ccccc2[nH]1)C(=O)c1ccc2cc(N)c3c(c2c1)CCC3. The van der Waals surface area contributed by atoms with Crippen molar-refractivity contribution in [2.45, 2.75) is 45.7 Å². The summed E-state index contributed by atoms with van der Waals surface area (Å²) >= 11 is 0. The number of aromatic amines is 1. The lowest BCUT2D eigenvalue weighted by Gasteiger charge is -2.26. The van der Waals surface area contributed by atoms with Crippen molar-refractivity contribution >= 4 is 33.4 Å². The van der Waals surface area contributed by atoms with E-state index in [0.717, 1.165) is 52.6 Å². The van der Waals surface area contributed by atoms with Gasteiger partial charge in [0.15, 0.2) is 0 Å². The Morgan fingerprint density at radius 1 is 1.13 bits per heavy atom. The lowest BCUT2D eigenvalue weighted by molar-refractivity contribution is 0.0686. The predicted molar refractivity (Wildman–Crippen MR) is 121 cm³/mol. The predicted octanol–water partition coefficient (Wildman–Crippen LogP) is 4.84. The number of nitrogens with one attached hydrogen (secondary N) is 1. The first kappa shape index (κ1) is 18.7. The molecular weight excluding hydrogens is 372 g/mol. The van der Waals surface area contributed by atoms with E-state index in [0.29, 0.717) is 12.1 Å². The molecule has 0 saturated carbocycles. The number of benzene rings is 3. The summed E-state index contributed by atoms with van der Waals surface area (Å²) in [6, 6.07) is 16.0. The van der Waals surface area contributed by atoms with Crippen molar-refractivity contribution in [2.75, 3.05) is 5.73 Å². The van der Waals surface area contributed by atoms with Crippen LogP contribution >= 0.6 is 0 Å². The number of rotatable bonds is 4. The summed E-state index contributed by atoms with van der Waals surface area (Å²) in [5.74, 6) is 0.823. The smallest absolute Gasteiger partial charge is 0.254 e. The zero-order valence-corrected chi connectivity index (χ0v) is 17.4. The van der Waals surface area contributed by atoms with E-state index < -0.39 is 0 Å². The first-order valence-corrected chi connectivity index (χ1v) is 10.6. The fourth-order valence-corrected chi connectivity index (χ4v) is 4.59. The van der Waals surface area contributed by atoms with Crippen molar-refractivity contribution in [2.24, 2.45) is 0 Å².